The first kappa shape index (κ1) is 28.8. The van der Waals surface area contributed by atoms with E-state index in [-0.39, 0.29) is 40.0 Å². The van der Waals surface area contributed by atoms with Crippen LogP contribution in [0.2, 0.25) is 0 Å². The molecule has 6 heteroatoms. The van der Waals surface area contributed by atoms with Crippen LogP contribution in [-0.2, 0) is 14.3 Å². The molecule has 0 saturated heterocycles. The summed E-state index contributed by atoms with van der Waals surface area (Å²) in [5.41, 5.74) is -0.692. The van der Waals surface area contributed by atoms with E-state index in [2.05, 4.69) is 40.7 Å². The Kier molecular flexibility index (Phi) is 7.12. The summed E-state index contributed by atoms with van der Waals surface area (Å²) in [5.74, 6) is -0.136. The number of methoxy groups -OCH3 is 1. The highest BCUT2D eigenvalue weighted by Crippen LogP contribution is 2.73. The van der Waals surface area contributed by atoms with Gasteiger partial charge in [-0.25, -0.2) is 0 Å². The molecule has 0 aromatic carbocycles. The Morgan fingerprint density at radius 2 is 1.81 bits per heavy atom. The molecule has 4 aliphatic carbocycles. The summed E-state index contributed by atoms with van der Waals surface area (Å²) in [6.07, 6.45) is 6.29. The monoisotopic (exact) mass is 518 g/mol. The molecular formula is C31H50O6. The van der Waals surface area contributed by atoms with Crippen molar-refractivity contribution < 1.29 is 29.6 Å². The van der Waals surface area contributed by atoms with Gasteiger partial charge < -0.3 is 20.1 Å². The van der Waals surface area contributed by atoms with Crippen LogP contribution in [-0.4, -0.2) is 52.0 Å². The van der Waals surface area contributed by atoms with Crippen LogP contribution in [0, 0.1) is 45.3 Å². The second-order valence-corrected chi connectivity index (χ2v) is 14.6. The Bertz CT molecular complexity index is 961. The Labute approximate surface area is 223 Å². The third-order valence-corrected chi connectivity index (χ3v) is 12.1. The third kappa shape index (κ3) is 4.15. The summed E-state index contributed by atoms with van der Waals surface area (Å²) in [7, 11) is 1.39. The van der Waals surface area contributed by atoms with Crippen molar-refractivity contribution in [3.63, 3.8) is 0 Å². The van der Waals surface area contributed by atoms with E-state index in [1.165, 1.54) is 12.7 Å². The lowest BCUT2D eigenvalue weighted by Crippen LogP contribution is -2.57. The van der Waals surface area contributed by atoms with Crippen LogP contribution in [0.25, 0.3) is 0 Å². The zero-order chi connectivity index (χ0) is 27.8. The van der Waals surface area contributed by atoms with Gasteiger partial charge in [-0.2, -0.15) is 0 Å². The largest absolute Gasteiger partial charge is 0.469 e. The van der Waals surface area contributed by atoms with Gasteiger partial charge >= 0.3 is 5.97 Å². The molecule has 3 N–H and O–H groups in total. The topological polar surface area (TPSA) is 104 Å². The molecule has 0 bridgehead atoms. The zero-order valence-corrected chi connectivity index (χ0v) is 24.3. The van der Waals surface area contributed by atoms with Crippen molar-refractivity contribution in [1.82, 2.24) is 0 Å². The van der Waals surface area contributed by atoms with Gasteiger partial charge in [0.15, 0.2) is 0 Å². The minimum Gasteiger partial charge on any atom is -0.469 e. The second kappa shape index (κ2) is 9.16. The molecule has 0 amide bonds. The summed E-state index contributed by atoms with van der Waals surface area (Å²) in [6, 6.07) is 0. The molecule has 3 fully saturated rings. The molecule has 210 valence electrons. The van der Waals surface area contributed by atoms with Gasteiger partial charge in [0.2, 0.25) is 0 Å². The van der Waals surface area contributed by atoms with Crippen molar-refractivity contribution in [3.8, 4) is 0 Å². The summed E-state index contributed by atoms with van der Waals surface area (Å²) in [5, 5.41) is 32.4. The molecule has 0 radical (unpaired) electrons. The van der Waals surface area contributed by atoms with Crippen LogP contribution in [0.15, 0.2) is 11.6 Å². The lowest BCUT2D eigenvalue weighted by Gasteiger charge is -2.63. The first-order valence-corrected chi connectivity index (χ1v) is 14.4. The highest BCUT2D eigenvalue weighted by Gasteiger charge is 2.68. The third-order valence-electron chi connectivity index (χ3n) is 12.1. The molecule has 0 unspecified atom stereocenters. The van der Waals surface area contributed by atoms with Gasteiger partial charge in [-0.05, 0) is 86.9 Å². The van der Waals surface area contributed by atoms with Gasteiger partial charge in [-0.1, -0.05) is 46.3 Å². The number of ether oxygens (including phenoxy) is 1. The first-order valence-electron chi connectivity index (χ1n) is 14.4. The van der Waals surface area contributed by atoms with E-state index in [0.717, 1.165) is 25.7 Å². The van der Waals surface area contributed by atoms with Crippen molar-refractivity contribution in [2.45, 2.75) is 118 Å². The molecule has 4 rings (SSSR count). The Balaban J connectivity index is 1.70. The maximum Gasteiger partial charge on any atom is 0.309 e. The number of esters is 1. The lowest BCUT2D eigenvalue weighted by atomic mass is 9.41. The molecule has 6 nitrogen and oxygen atoms in total. The predicted octanol–water partition coefficient (Wildman–Crippen LogP) is 4.83. The Morgan fingerprint density at radius 1 is 1.16 bits per heavy atom. The second-order valence-electron chi connectivity index (χ2n) is 14.6. The van der Waals surface area contributed by atoms with Crippen molar-refractivity contribution >= 4 is 11.8 Å². The van der Waals surface area contributed by atoms with Crippen molar-refractivity contribution in [2.24, 2.45) is 45.3 Å². The van der Waals surface area contributed by atoms with Crippen LogP contribution < -0.4 is 0 Å². The van der Waals surface area contributed by atoms with Crippen LogP contribution >= 0.6 is 0 Å². The zero-order valence-electron chi connectivity index (χ0n) is 24.3. The fraction of sp³-hybridized carbons (Fsp3) is 0.871. The number of hydrogen-bond donors (Lipinski definition) is 3. The predicted molar refractivity (Wildman–Crippen MR) is 142 cm³/mol. The number of fused-ring (bicyclic) bond motifs is 5. The van der Waals surface area contributed by atoms with Crippen molar-refractivity contribution in [1.29, 1.82) is 0 Å². The number of carbonyl (C=O) groups excluding carboxylic acids is 2. The maximum atomic E-state index is 13.1. The summed E-state index contributed by atoms with van der Waals surface area (Å²) in [4.78, 5) is 26.0. The van der Waals surface area contributed by atoms with Crippen LogP contribution in [0.3, 0.4) is 0 Å². The minimum atomic E-state index is -1.26. The molecule has 4 aliphatic rings. The number of hydrogen-bond acceptors (Lipinski definition) is 6. The van der Waals surface area contributed by atoms with Gasteiger partial charge in [0.05, 0.1) is 30.8 Å². The highest BCUT2D eigenvalue weighted by atomic mass is 16.5. The van der Waals surface area contributed by atoms with Gasteiger partial charge in [0.1, 0.15) is 5.78 Å². The van der Waals surface area contributed by atoms with Crippen molar-refractivity contribution in [3.05, 3.63) is 11.6 Å². The molecule has 37 heavy (non-hydrogen) atoms. The number of Topliss-reactive ketones (excluding diaryl/α,β-unsaturated/α-hetero) is 1. The molecule has 0 aromatic heterocycles. The standard InChI is InChI=1S/C31H50O6/c1-27(2)22-11-10-20-19(29(22,5)15-14-23(27)33)13-16-30(6)25(21(32)17-31(20,30)7)18(26(35)37-8)9-12-24(34)28(3,4)36/h10,18-19,21-22,24-25,32,34,36H,9,11-17H2,1-8H3/t18-,19+,21+,22+,24-,25-,29-,30+,31-/m1/s1. The van der Waals surface area contributed by atoms with Gasteiger partial charge in [0, 0.05) is 17.8 Å². The van der Waals surface area contributed by atoms with E-state index in [4.69, 9.17) is 4.74 Å². The molecule has 0 aromatic rings. The van der Waals surface area contributed by atoms with Gasteiger partial charge in [-0.3, -0.25) is 9.59 Å². The Hall–Kier alpha value is -1.24. The molecule has 3 saturated carbocycles. The van der Waals surface area contributed by atoms with E-state index in [1.807, 2.05) is 0 Å². The highest BCUT2D eigenvalue weighted by molar-refractivity contribution is 5.85. The maximum absolute atomic E-state index is 13.1. The molecule has 0 spiro atoms. The molecule has 9 atom stereocenters. The van der Waals surface area contributed by atoms with E-state index >= 15 is 0 Å². The average molecular weight is 519 g/mol. The number of aliphatic hydroxyl groups is 3. The normalized spacial score (nSPS) is 42.7. The van der Waals surface area contributed by atoms with Crippen LogP contribution in [0.4, 0.5) is 0 Å². The lowest BCUT2D eigenvalue weighted by molar-refractivity contribution is -0.155. The minimum absolute atomic E-state index is 0.0490. The Morgan fingerprint density at radius 3 is 2.41 bits per heavy atom. The first-order chi connectivity index (χ1) is 16.9. The summed E-state index contributed by atoms with van der Waals surface area (Å²) in [6.45, 7) is 14.3. The number of carbonyl (C=O) groups is 2. The van der Waals surface area contributed by atoms with Crippen LogP contribution in [0.1, 0.15) is 99.8 Å². The summed E-state index contributed by atoms with van der Waals surface area (Å²) >= 11 is 0. The van der Waals surface area contributed by atoms with Crippen molar-refractivity contribution in [2.75, 3.05) is 7.11 Å². The number of aliphatic hydroxyl groups excluding tert-OH is 2. The molecule has 0 aliphatic heterocycles. The number of ketones is 1. The fourth-order valence-electron chi connectivity index (χ4n) is 9.62. The number of rotatable bonds is 6. The van der Waals surface area contributed by atoms with E-state index in [9.17, 15) is 24.9 Å². The number of allylic oxidation sites excluding steroid dienone is 2. The van der Waals surface area contributed by atoms with E-state index in [0.29, 0.717) is 36.9 Å². The SMILES string of the molecule is COC(=O)[C@H](CC[C@@H](O)C(C)(C)O)[C@@H]1[C@@H](O)C[C@]2(C)C3=CC[C@H]4C(C)(C)C(=O)CC[C@]4(C)[C@H]3CC[C@@]12C. The summed E-state index contributed by atoms with van der Waals surface area (Å²) < 4.78 is 5.23. The van der Waals surface area contributed by atoms with Crippen LogP contribution in [0.5, 0.6) is 0 Å². The molecular weight excluding hydrogens is 468 g/mol. The average Bonchev–Trinajstić information content (AvgIpc) is 3.01. The van der Waals surface area contributed by atoms with E-state index in [1.54, 1.807) is 13.8 Å². The van der Waals surface area contributed by atoms with Gasteiger partial charge in [0.25, 0.3) is 0 Å². The van der Waals surface area contributed by atoms with E-state index < -0.39 is 23.7 Å². The van der Waals surface area contributed by atoms with Gasteiger partial charge in [-0.15, -0.1) is 0 Å². The quantitative estimate of drug-likeness (QED) is 0.344. The smallest absolute Gasteiger partial charge is 0.309 e. The fourth-order valence-corrected chi connectivity index (χ4v) is 9.62. The molecule has 0 heterocycles.